The van der Waals surface area contributed by atoms with Gasteiger partial charge in [-0.1, -0.05) is 41.9 Å². The van der Waals surface area contributed by atoms with Gasteiger partial charge in [-0.15, -0.1) is 0 Å². The van der Waals surface area contributed by atoms with Crippen LogP contribution in [0.3, 0.4) is 0 Å². The molecule has 0 bridgehead atoms. The molecule has 3 aromatic carbocycles. The van der Waals surface area contributed by atoms with E-state index in [1.165, 1.54) is 18.2 Å². The average molecular weight is 613 g/mol. The van der Waals surface area contributed by atoms with Gasteiger partial charge >= 0.3 is 12.0 Å². The molecule has 224 valence electrons. The van der Waals surface area contributed by atoms with Crippen molar-refractivity contribution in [2.45, 2.75) is 44.1 Å². The smallest absolute Gasteiger partial charge is 0.324 e. The quantitative estimate of drug-likeness (QED) is 0.193. The number of aromatic nitrogens is 1. The number of carbonyl (C=O) groups excluding carboxylic acids is 3. The summed E-state index contributed by atoms with van der Waals surface area (Å²) in [6.07, 6.45) is 0.322. The number of nitrogens with one attached hydrogen (secondary N) is 2. The zero-order valence-electron chi connectivity index (χ0n) is 22.8. The van der Waals surface area contributed by atoms with Crippen molar-refractivity contribution < 1.29 is 32.3 Å². The Morgan fingerprint density at radius 3 is 2.49 bits per heavy atom. The van der Waals surface area contributed by atoms with Gasteiger partial charge in [0.15, 0.2) is 0 Å². The molecule has 0 saturated heterocycles. The first-order chi connectivity index (χ1) is 20.5. The van der Waals surface area contributed by atoms with Crippen LogP contribution in [0.5, 0.6) is 0 Å². The third-order valence-electron chi connectivity index (χ3n) is 7.42. The molecule has 0 atom stereocenters. The molecule has 1 saturated carbocycles. The number of halogens is 4. The van der Waals surface area contributed by atoms with Crippen LogP contribution >= 0.6 is 11.6 Å². The summed E-state index contributed by atoms with van der Waals surface area (Å²) < 4.78 is 48.1. The first-order valence-corrected chi connectivity index (χ1v) is 14.0. The Morgan fingerprint density at radius 1 is 1.00 bits per heavy atom. The van der Waals surface area contributed by atoms with Gasteiger partial charge in [-0.05, 0) is 54.7 Å². The fraction of sp³-hybridized carbons (Fsp3) is 0.258. The lowest BCUT2D eigenvalue weighted by molar-refractivity contribution is -0.143. The molecule has 0 unspecified atom stereocenters. The largest absolute Gasteiger partial charge is 0.460 e. The van der Waals surface area contributed by atoms with Gasteiger partial charge in [0.25, 0.3) is 5.91 Å². The van der Waals surface area contributed by atoms with Gasteiger partial charge < -0.3 is 15.8 Å². The number of alkyl halides is 2. The zero-order valence-corrected chi connectivity index (χ0v) is 23.6. The van der Waals surface area contributed by atoms with Crippen LogP contribution in [-0.2, 0) is 16.1 Å². The first-order valence-electron chi connectivity index (χ1n) is 13.6. The van der Waals surface area contributed by atoms with E-state index in [1.54, 1.807) is 36.4 Å². The minimum atomic E-state index is -2.65. The second kappa shape index (κ2) is 12.5. The van der Waals surface area contributed by atoms with Crippen molar-refractivity contribution in [2.24, 2.45) is 5.73 Å². The van der Waals surface area contributed by atoms with Gasteiger partial charge in [0.05, 0.1) is 17.1 Å². The van der Waals surface area contributed by atoms with Crippen molar-refractivity contribution in [3.63, 3.8) is 0 Å². The maximum atomic E-state index is 14.5. The van der Waals surface area contributed by atoms with Crippen molar-refractivity contribution in [3.8, 4) is 0 Å². The molecule has 2 amide bonds. The van der Waals surface area contributed by atoms with Gasteiger partial charge in [0.1, 0.15) is 18.2 Å². The van der Waals surface area contributed by atoms with Crippen LogP contribution in [0.1, 0.15) is 53.1 Å². The zero-order chi connectivity index (χ0) is 30.7. The van der Waals surface area contributed by atoms with Gasteiger partial charge in [-0.2, -0.15) is 0 Å². The average Bonchev–Trinajstić information content (AvgIpc) is 3.31. The van der Waals surface area contributed by atoms with Crippen molar-refractivity contribution in [2.75, 3.05) is 17.2 Å². The summed E-state index contributed by atoms with van der Waals surface area (Å²) in [5.41, 5.74) is 7.25. The number of amides is 2. The number of nitrogens with zero attached hydrogens (tertiary/aromatic N) is 1. The lowest BCUT2D eigenvalue weighted by Gasteiger charge is -2.28. The summed E-state index contributed by atoms with van der Waals surface area (Å²) in [7, 11) is 0. The van der Waals surface area contributed by atoms with E-state index >= 15 is 0 Å². The maximum absolute atomic E-state index is 14.5. The molecular formula is C31H28ClF3N4O4. The highest BCUT2D eigenvalue weighted by atomic mass is 35.5. The van der Waals surface area contributed by atoms with Crippen LogP contribution in [0.4, 0.5) is 29.5 Å². The fourth-order valence-electron chi connectivity index (χ4n) is 5.23. The lowest BCUT2D eigenvalue weighted by atomic mass is 9.82. The van der Waals surface area contributed by atoms with Crippen molar-refractivity contribution >= 4 is 51.9 Å². The number of esters is 1. The highest BCUT2D eigenvalue weighted by molar-refractivity contribution is 6.31. The third-order valence-corrected chi connectivity index (χ3v) is 7.71. The molecule has 4 aromatic rings. The SMILES string of the molecule is NCC(=O)OCc1ccccc1C(=O)n1c(NC(=O)Nc2cccc(C3CCC(F)(F)CC3)c2)cc2cc(Cl)c(F)cc21. The summed E-state index contributed by atoms with van der Waals surface area (Å²) in [6.45, 7) is -0.559. The Kier molecular flexibility index (Phi) is 8.74. The Hall–Kier alpha value is -4.35. The van der Waals surface area contributed by atoms with E-state index < -0.39 is 29.6 Å². The van der Waals surface area contributed by atoms with Crippen molar-refractivity contribution in [1.29, 1.82) is 0 Å². The Balaban J connectivity index is 1.42. The number of carbonyl (C=O) groups is 3. The summed E-state index contributed by atoms with van der Waals surface area (Å²) in [6, 6.07) is 16.6. The summed E-state index contributed by atoms with van der Waals surface area (Å²) in [5.74, 6) is -4.71. The summed E-state index contributed by atoms with van der Waals surface area (Å²) in [5, 5.41) is 5.59. The molecule has 1 aliphatic rings. The van der Waals surface area contributed by atoms with Crippen LogP contribution in [0.2, 0.25) is 5.02 Å². The number of urea groups is 1. The Labute approximate surface area is 249 Å². The number of anilines is 2. The van der Waals surface area contributed by atoms with E-state index in [9.17, 15) is 27.6 Å². The minimum absolute atomic E-state index is 0.0265. The molecule has 1 heterocycles. The summed E-state index contributed by atoms with van der Waals surface area (Å²) >= 11 is 5.99. The molecule has 5 rings (SSSR count). The van der Waals surface area contributed by atoms with E-state index in [0.717, 1.165) is 16.2 Å². The van der Waals surface area contributed by atoms with E-state index in [-0.39, 0.29) is 53.8 Å². The molecule has 8 nitrogen and oxygen atoms in total. The van der Waals surface area contributed by atoms with Gasteiger partial charge in [-0.3, -0.25) is 19.5 Å². The van der Waals surface area contributed by atoms with E-state index in [2.05, 4.69) is 10.6 Å². The standard InChI is InChI=1S/C31H28ClF3N4O4/c32-24-13-21-14-27(38-30(42)37-22-6-3-5-19(12-22)18-8-10-31(34,35)11-9-18)39(26(21)15-25(24)33)29(41)23-7-2-1-4-20(23)17-43-28(40)16-36/h1-7,12-15,18H,8-11,16-17,36H2,(H2,37,38,42). The minimum Gasteiger partial charge on any atom is -0.460 e. The molecule has 12 heteroatoms. The molecule has 1 aliphatic carbocycles. The van der Waals surface area contributed by atoms with Crippen LogP contribution in [-0.4, -0.2) is 34.9 Å². The monoisotopic (exact) mass is 612 g/mol. The predicted molar refractivity (Wildman–Crippen MR) is 157 cm³/mol. The number of benzene rings is 3. The molecule has 1 fully saturated rings. The second-order valence-corrected chi connectivity index (χ2v) is 10.8. The molecule has 0 spiro atoms. The number of hydrogen-bond donors (Lipinski definition) is 3. The van der Waals surface area contributed by atoms with Crippen LogP contribution < -0.4 is 16.4 Å². The highest BCUT2D eigenvalue weighted by Gasteiger charge is 2.35. The first kappa shape index (κ1) is 30.1. The molecule has 0 aliphatic heterocycles. The number of fused-ring (bicyclic) bond motifs is 1. The number of ether oxygens (including phenoxy) is 1. The molecule has 0 radical (unpaired) electrons. The lowest BCUT2D eigenvalue weighted by Crippen LogP contribution is -2.25. The van der Waals surface area contributed by atoms with Gasteiger partial charge in [0.2, 0.25) is 5.92 Å². The molecule has 43 heavy (non-hydrogen) atoms. The molecule has 1 aromatic heterocycles. The topological polar surface area (TPSA) is 115 Å². The maximum Gasteiger partial charge on any atom is 0.324 e. The van der Waals surface area contributed by atoms with E-state index in [0.29, 0.717) is 29.5 Å². The number of hydrogen-bond acceptors (Lipinski definition) is 5. The molecule has 4 N–H and O–H groups in total. The fourth-order valence-corrected chi connectivity index (χ4v) is 5.40. The van der Waals surface area contributed by atoms with Crippen molar-refractivity contribution in [1.82, 2.24) is 4.57 Å². The van der Waals surface area contributed by atoms with E-state index in [1.807, 2.05) is 6.07 Å². The van der Waals surface area contributed by atoms with Crippen LogP contribution in [0, 0.1) is 5.82 Å². The predicted octanol–water partition coefficient (Wildman–Crippen LogP) is 7.06. The van der Waals surface area contributed by atoms with Crippen LogP contribution in [0.15, 0.2) is 66.7 Å². The van der Waals surface area contributed by atoms with Gasteiger partial charge in [-0.25, -0.2) is 18.0 Å². The summed E-state index contributed by atoms with van der Waals surface area (Å²) in [4.78, 5) is 38.7. The number of rotatable bonds is 7. The van der Waals surface area contributed by atoms with Crippen molar-refractivity contribution in [3.05, 3.63) is 94.3 Å². The van der Waals surface area contributed by atoms with Gasteiger partial charge in [0, 0.05) is 41.1 Å². The number of nitrogens with two attached hydrogens (primary N) is 1. The van der Waals surface area contributed by atoms with E-state index in [4.69, 9.17) is 22.1 Å². The second-order valence-electron chi connectivity index (χ2n) is 10.4. The Bertz CT molecular complexity index is 1700. The third kappa shape index (κ3) is 6.84. The Morgan fingerprint density at radius 2 is 1.74 bits per heavy atom. The van der Waals surface area contributed by atoms with Crippen LogP contribution in [0.25, 0.3) is 10.9 Å². The normalized spacial score (nSPS) is 14.8. The highest BCUT2D eigenvalue weighted by Crippen LogP contribution is 2.41. The molecular weight excluding hydrogens is 585 g/mol.